The van der Waals surface area contributed by atoms with Gasteiger partial charge in [0.1, 0.15) is 18.3 Å². The van der Waals surface area contributed by atoms with Crippen LogP contribution < -0.4 is 0 Å². The highest BCUT2D eigenvalue weighted by molar-refractivity contribution is 5.70. The molecule has 8 atom stereocenters. The highest BCUT2D eigenvalue weighted by atomic mass is 16.7. The number of carbonyl (C=O) groups is 1. The molecule has 0 unspecified atom stereocenters. The van der Waals surface area contributed by atoms with Gasteiger partial charge in [-0.25, -0.2) is 0 Å². The molecule has 1 aliphatic rings. The van der Waals surface area contributed by atoms with Gasteiger partial charge in [0.05, 0.1) is 71.5 Å². The second kappa shape index (κ2) is 27.1. The van der Waals surface area contributed by atoms with Crippen molar-refractivity contribution in [2.75, 3.05) is 20.3 Å². The normalized spacial score (nSPS) is 19.5. The van der Waals surface area contributed by atoms with Crippen LogP contribution in [-0.4, -0.2) is 69.2 Å². The summed E-state index contributed by atoms with van der Waals surface area (Å²) in [4.78, 5) is 14.9. The summed E-state index contributed by atoms with van der Waals surface area (Å²) in [5, 5.41) is 0. The van der Waals surface area contributed by atoms with Crippen LogP contribution in [0.25, 0.3) is 0 Å². The molecule has 6 aromatic carbocycles. The molecule has 0 bridgehead atoms. The van der Waals surface area contributed by atoms with Crippen molar-refractivity contribution in [3.63, 3.8) is 0 Å². The van der Waals surface area contributed by atoms with E-state index in [4.69, 9.17) is 42.6 Å². The van der Waals surface area contributed by atoms with Gasteiger partial charge in [0.25, 0.3) is 0 Å². The Balaban J connectivity index is 1.19. The molecule has 0 spiro atoms. The maximum atomic E-state index is 14.9. The Bertz CT molecular complexity index is 2270. The zero-order valence-electron chi connectivity index (χ0n) is 38.2. The third kappa shape index (κ3) is 15.6. The molecule has 7 rings (SSSR count). The lowest BCUT2D eigenvalue weighted by Crippen LogP contribution is -2.58. The molecular formula is C57H62O10. The van der Waals surface area contributed by atoms with Gasteiger partial charge in [0.15, 0.2) is 12.4 Å². The zero-order chi connectivity index (χ0) is 46.3. The van der Waals surface area contributed by atoms with Gasteiger partial charge < -0.3 is 42.6 Å². The lowest BCUT2D eigenvalue weighted by molar-refractivity contribution is -0.306. The van der Waals surface area contributed by atoms with E-state index in [2.05, 4.69) is 6.58 Å². The molecule has 0 N–H and O–H groups in total. The smallest absolute Gasteiger partial charge is 0.306 e. The summed E-state index contributed by atoms with van der Waals surface area (Å²) in [7, 11) is 1.58. The van der Waals surface area contributed by atoms with Crippen LogP contribution in [0.15, 0.2) is 195 Å². The summed E-state index contributed by atoms with van der Waals surface area (Å²) in [5.74, 6) is -1.13. The van der Waals surface area contributed by atoms with Crippen LogP contribution in [0.1, 0.15) is 39.8 Å². The van der Waals surface area contributed by atoms with Crippen LogP contribution in [-0.2, 0) is 87.1 Å². The summed E-state index contributed by atoms with van der Waals surface area (Å²) in [6.45, 7) is 5.95. The van der Waals surface area contributed by atoms with Crippen LogP contribution in [0.3, 0.4) is 0 Å². The molecule has 0 aromatic heterocycles. The van der Waals surface area contributed by atoms with Gasteiger partial charge in [-0.15, -0.1) is 6.58 Å². The van der Waals surface area contributed by atoms with Crippen LogP contribution in [0, 0.1) is 5.92 Å². The molecule has 67 heavy (non-hydrogen) atoms. The summed E-state index contributed by atoms with van der Waals surface area (Å²) < 4.78 is 58.8. The summed E-state index contributed by atoms with van der Waals surface area (Å²) in [5.41, 5.74) is 5.82. The van der Waals surface area contributed by atoms with Gasteiger partial charge in [-0.2, -0.15) is 0 Å². The molecule has 1 saturated heterocycles. The van der Waals surface area contributed by atoms with Crippen molar-refractivity contribution in [3.05, 3.63) is 228 Å². The molecule has 1 fully saturated rings. The molecule has 1 heterocycles. The van der Waals surface area contributed by atoms with Crippen molar-refractivity contribution in [2.45, 2.75) is 89.0 Å². The number of hydrogen-bond donors (Lipinski definition) is 0. The van der Waals surface area contributed by atoms with Gasteiger partial charge in [-0.05, 0) is 33.4 Å². The van der Waals surface area contributed by atoms with Crippen molar-refractivity contribution < 1.29 is 47.4 Å². The highest BCUT2D eigenvalue weighted by Gasteiger charge is 2.49. The molecular weight excluding hydrogens is 845 g/mol. The highest BCUT2D eigenvalue weighted by Crippen LogP contribution is 2.35. The fourth-order valence-electron chi connectivity index (χ4n) is 8.07. The lowest BCUT2D eigenvalue weighted by Gasteiger charge is -2.45. The zero-order valence-corrected chi connectivity index (χ0v) is 38.2. The van der Waals surface area contributed by atoms with E-state index in [1.807, 2.05) is 182 Å². The van der Waals surface area contributed by atoms with Crippen LogP contribution in [0.4, 0.5) is 0 Å². The number of esters is 1. The van der Waals surface area contributed by atoms with Gasteiger partial charge in [0.2, 0.25) is 0 Å². The maximum Gasteiger partial charge on any atom is 0.306 e. The van der Waals surface area contributed by atoms with E-state index < -0.39 is 54.8 Å². The molecule has 0 saturated carbocycles. The molecule has 0 aliphatic carbocycles. The third-order valence-corrected chi connectivity index (χ3v) is 11.6. The van der Waals surface area contributed by atoms with E-state index in [1.165, 1.54) is 0 Å². The predicted octanol–water partition coefficient (Wildman–Crippen LogP) is 10.2. The molecule has 0 amide bonds. The first-order chi connectivity index (χ1) is 33.1. The van der Waals surface area contributed by atoms with Crippen molar-refractivity contribution in [3.8, 4) is 0 Å². The Kier molecular flexibility index (Phi) is 19.9. The number of ether oxygens (including phenoxy) is 9. The first-order valence-electron chi connectivity index (χ1n) is 22.9. The molecule has 10 heteroatoms. The van der Waals surface area contributed by atoms with Crippen molar-refractivity contribution in [1.29, 1.82) is 0 Å². The standard InChI is InChI=1S/C57H62O10/c1-3-50(62-37-45-26-14-6-15-27-45)55(64-39-47-30-18-8-19-31-47)52(42-61-36-44-24-12-5-13-25-44)66-53(58)34-49-51(41-60-35-43-22-10-4-11-23-43)67-57(59-2)56(65-40-48-32-20-9-21-33-48)54(49)63-38-46-28-16-7-17-29-46/h3-33,49-52,54-57H,1,34-42H2,2H3/t49-,50+,51+,52+,54-,55-,56+,57-/m0/s1. The summed E-state index contributed by atoms with van der Waals surface area (Å²) in [6, 6.07) is 59.3. The Morgan fingerprint density at radius 3 is 1.43 bits per heavy atom. The monoisotopic (exact) mass is 906 g/mol. The topological polar surface area (TPSA) is 100 Å². The predicted molar refractivity (Wildman–Crippen MR) is 256 cm³/mol. The maximum absolute atomic E-state index is 14.9. The average Bonchev–Trinajstić information content (AvgIpc) is 3.38. The van der Waals surface area contributed by atoms with Crippen molar-refractivity contribution >= 4 is 5.97 Å². The van der Waals surface area contributed by atoms with Crippen LogP contribution in [0.2, 0.25) is 0 Å². The quantitative estimate of drug-likeness (QED) is 0.0367. The fraction of sp³-hybridized carbons (Fsp3) is 0.316. The largest absolute Gasteiger partial charge is 0.457 e. The number of methoxy groups -OCH3 is 1. The van der Waals surface area contributed by atoms with Crippen LogP contribution in [0.5, 0.6) is 0 Å². The average molecular weight is 907 g/mol. The van der Waals surface area contributed by atoms with Gasteiger partial charge in [-0.3, -0.25) is 4.79 Å². The second-order valence-electron chi connectivity index (χ2n) is 16.5. The number of rotatable bonds is 27. The Labute approximate surface area is 395 Å². The van der Waals surface area contributed by atoms with Gasteiger partial charge in [0, 0.05) is 13.0 Å². The minimum atomic E-state index is -0.934. The van der Waals surface area contributed by atoms with E-state index in [0.717, 1.165) is 33.4 Å². The molecule has 0 radical (unpaired) electrons. The molecule has 10 nitrogen and oxygen atoms in total. The fourth-order valence-corrected chi connectivity index (χ4v) is 8.07. The lowest BCUT2D eigenvalue weighted by atomic mass is 9.86. The van der Waals surface area contributed by atoms with Gasteiger partial charge >= 0.3 is 5.97 Å². The minimum Gasteiger partial charge on any atom is -0.457 e. The first-order valence-corrected chi connectivity index (χ1v) is 22.9. The number of hydrogen-bond acceptors (Lipinski definition) is 10. The summed E-state index contributed by atoms with van der Waals surface area (Å²) in [6.07, 6.45) is -3.81. The molecule has 1 aliphatic heterocycles. The van der Waals surface area contributed by atoms with E-state index in [-0.39, 0.29) is 52.7 Å². The Morgan fingerprint density at radius 2 is 0.970 bits per heavy atom. The number of benzene rings is 6. The van der Waals surface area contributed by atoms with Gasteiger partial charge in [-0.1, -0.05) is 188 Å². The number of carbonyl (C=O) groups excluding carboxylic acids is 1. The summed E-state index contributed by atoms with van der Waals surface area (Å²) >= 11 is 0. The second-order valence-corrected chi connectivity index (χ2v) is 16.5. The first kappa shape index (κ1) is 49.1. The van der Waals surface area contributed by atoms with Crippen molar-refractivity contribution in [1.82, 2.24) is 0 Å². The Hall–Kier alpha value is -5.79. The van der Waals surface area contributed by atoms with E-state index in [0.29, 0.717) is 6.61 Å². The SMILES string of the molecule is C=C[C@@H](OCc1ccccc1)[C@H](OCc1ccccc1)[C@@H](COCc1ccccc1)OC(=O)C[C@@H]1[C@H](OCc2ccccc2)[C@@H](OCc2ccccc2)[C@@H](OC)O[C@@H]1COCc1ccccc1. The van der Waals surface area contributed by atoms with E-state index in [9.17, 15) is 4.79 Å². The molecule has 6 aromatic rings. The van der Waals surface area contributed by atoms with Crippen LogP contribution >= 0.6 is 0 Å². The molecule has 350 valence electrons. The van der Waals surface area contributed by atoms with E-state index >= 15 is 0 Å². The van der Waals surface area contributed by atoms with Crippen molar-refractivity contribution in [2.24, 2.45) is 5.92 Å². The van der Waals surface area contributed by atoms with E-state index in [1.54, 1.807) is 13.2 Å². The Morgan fingerprint density at radius 1 is 0.552 bits per heavy atom. The third-order valence-electron chi connectivity index (χ3n) is 11.6. The minimum absolute atomic E-state index is 0.00636.